The van der Waals surface area contributed by atoms with Crippen LogP contribution in [-0.4, -0.2) is 57.2 Å². The van der Waals surface area contributed by atoms with Gasteiger partial charge in [0.15, 0.2) is 0 Å². The maximum Gasteiger partial charge on any atom is 0.225 e. The lowest BCUT2D eigenvalue weighted by Crippen LogP contribution is -2.36. The highest BCUT2D eigenvalue weighted by atomic mass is 16.5. The summed E-state index contributed by atoms with van der Waals surface area (Å²) in [6.45, 7) is 4.07. The molecule has 138 valence electrons. The summed E-state index contributed by atoms with van der Waals surface area (Å²) in [5, 5.41) is 2.98. The van der Waals surface area contributed by atoms with Crippen molar-refractivity contribution >= 4 is 11.8 Å². The summed E-state index contributed by atoms with van der Waals surface area (Å²) in [5.74, 6) is 0.577. The van der Waals surface area contributed by atoms with Crippen molar-refractivity contribution in [2.24, 2.45) is 5.92 Å². The van der Waals surface area contributed by atoms with E-state index in [1.165, 1.54) is 0 Å². The minimum Gasteiger partial charge on any atom is -0.497 e. The Morgan fingerprint density at radius 3 is 2.76 bits per heavy atom. The van der Waals surface area contributed by atoms with Gasteiger partial charge in [0.25, 0.3) is 0 Å². The van der Waals surface area contributed by atoms with Crippen molar-refractivity contribution in [1.82, 2.24) is 10.2 Å². The third-order valence-electron chi connectivity index (χ3n) is 4.66. The highest BCUT2D eigenvalue weighted by Gasteiger charge is 2.39. The number of likely N-dealkylation sites (tertiary alicyclic amines) is 1. The predicted molar refractivity (Wildman–Crippen MR) is 95.6 cm³/mol. The van der Waals surface area contributed by atoms with E-state index < -0.39 is 0 Å². The van der Waals surface area contributed by atoms with Gasteiger partial charge in [-0.2, -0.15) is 0 Å². The van der Waals surface area contributed by atoms with Crippen LogP contribution < -0.4 is 10.1 Å². The van der Waals surface area contributed by atoms with Crippen LogP contribution in [0.2, 0.25) is 0 Å². The predicted octanol–water partition coefficient (Wildman–Crippen LogP) is 1.80. The van der Waals surface area contributed by atoms with Crippen LogP contribution in [0, 0.1) is 5.92 Å². The molecule has 1 saturated heterocycles. The van der Waals surface area contributed by atoms with Gasteiger partial charge in [0, 0.05) is 45.7 Å². The van der Waals surface area contributed by atoms with Gasteiger partial charge in [-0.15, -0.1) is 0 Å². The highest BCUT2D eigenvalue weighted by Crippen LogP contribution is 2.34. The number of methoxy groups -OCH3 is 2. The molecule has 0 aliphatic carbocycles. The molecule has 2 unspecified atom stereocenters. The molecular formula is C19H28N2O4. The first-order valence-corrected chi connectivity index (χ1v) is 8.79. The van der Waals surface area contributed by atoms with Crippen molar-refractivity contribution in [2.75, 3.05) is 40.5 Å². The topological polar surface area (TPSA) is 67.9 Å². The lowest BCUT2D eigenvalue weighted by molar-refractivity contribution is -0.130. The molecule has 2 rings (SSSR count). The van der Waals surface area contributed by atoms with Crippen molar-refractivity contribution in [3.05, 3.63) is 29.8 Å². The zero-order valence-corrected chi connectivity index (χ0v) is 15.3. The lowest BCUT2D eigenvalue weighted by Gasteiger charge is -2.18. The second kappa shape index (κ2) is 9.42. The SMILES string of the molecule is CCC(=O)N1CC(C(=O)NCCCOC)C(c2cccc(OC)c2)C1. The molecule has 0 spiro atoms. The molecule has 0 bridgehead atoms. The number of hydrogen-bond donors (Lipinski definition) is 1. The normalized spacial score (nSPS) is 19.7. The van der Waals surface area contributed by atoms with Gasteiger partial charge in [0.2, 0.25) is 11.8 Å². The second-order valence-corrected chi connectivity index (χ2v) is 6.28. The number of rotatable bonds is 8. The Morgan fingerprint density at radius 2 is 2.08 bits per heavy atom. The van der Waals surface area contributed by atoms with Crippen LogP contribution >= 0.6 is 0 Å². The smallest absolute Gasteiger partial charge is 0.225 e. The summed E-state index contributed by atoms with van der Waals surface area (Å²) < 4.78 is 10.3. The minimum atomic E-state index is -0.245. The largest absolute Gasteiger partial charge is 0.497 e. The van der Waals surface area contributed by atoms with E-state index in [1.807, 2.05) is 31.2 Å². The average Bonchev–Trinajstić information content (AvgIpc) is 3.10. The fraction of sp³-hybridized carbons (Fsp3) is 0.579. The molecule has 0 radical (unpaired) electrons. The molecule has 2 atom stereocenters. The molecule has 1 aromatic rings. The van der Waals surface area contributed by atoms with Gasteiger partial charge in [-0.3, -0.25) is 9.59 Å². The minimum absolute atomic E-state index is 0.00433. The third kappa shape index (κ3) is 4.95. The molecular weight excluding hydrogens is 320 g/mol. The van der Waals surface area contributed by atoms with Crippen LogP contribution in [0.25, 0.3) is 0 Å². The molecule has 1 aromatic carbocycles. The molecule has 0 aromatic heterocycles. The number of amides is 2. The van der Waals surface area contributed by atoms with Gasteiger partial charge in [0.05, 0.1) is 13.0 Å². The van der Waals surface area contributed by atoms with Gasteiger partial charge < -0.3 is 19.7 Å². The number of carbonyl (C=O) groups excluding carboxylic acids is 2. The zero-order chi connectivity index (χ0) is 18.2. The molecule has 1 heterocycles. The van der Waals surface area contributed by atoms with Crippen molar-refractivity contribution in [1.29, 1.82) is 0 Å². The molecule has 0 saturated carbocycles. The molecule has 6 heteroatoms. The average molecular weight is 348 g/mol. The van der Waals surface area contributed by atoms with Gasteiger partial charge in [-0.1, -0.05) is 19.1 Å². The monoisotopic (exact) mass is 348 g/mol. The first-order chi connectivity index (χ1) is 12.1. The molecule has 6 nitrogen and oxygen atoms in total. The van der Waals surface area contributed by atoms with Crippen LogP contribution in [0.15, 0.2) is 24.3 Å². The van der Waals surface area contributed by atoms with E-state index in [9.17, 15) is 9.59 Å². The first-order valence-electron chi connectivity index (χ1n) is 8.79. The number of hydrogen-bond acceptors (Lipinski definition) is 4. The molecule has 2 amide bonds. The number of nitrogens with zero attached hydrogens (tertiary/aromatic N) is 1. The van der Waals surface area contributed by atoms with Gasteiger partial charge >= 0.3 is 0 Å². The van der Waals surface area contributed by atoms with Crippen molar-refractivity contribution in [3.8, 4) is 5.75 Å². The maximum atomic E-state index is 12.7. The Bertz CT molecular complexity index is 591. The Morgan fingerprint density at radius 1 is 1.28 bits per heavy atom. The maximum absolute atomic E-state index is 12.7. The second-order valence-electron chi connectivity index (χ2n) is 6.28. The summed E-state index contributed by atoms with van der Waals surface area (Å²) in [4.78, 5) is 26.6. The van der Waals surface area contributed by atoms with Crippen molar-refractivity contribution in [3.63, 3.8) is 0 Å². The fourth-order valence-electron chi connectivity index (χ4n) is 3.27. The van der Waals surface area contributed by atoms with Crippen LogP contribution in [0.4, 0.5) is 0 Å². The van der Waals surface area contributed by atoms with E-state index >= 15 is 0 Å². The zero-order valence-electron chi connectivity index (χ0n) is 15.3. The van der Waals surface area contributed by atoms with Crippen LogP contribution in [0.5, 0.6) is 5.75 Å². The van der Waals surface area contributed by atoms with E-state index in [1.54, 1.807) is 19.1 Å². The highest BCUT2D eigenvalue weighted by molar-refractivity contribution is 5.83. The standard InChI is InChI=1S/C19H28N2O4/c1-4-18(22)21-12-16(14-7-5-8-15(11-14)25-3)17(13-21)19(23)20-9-6-10-24-2/h5,7-8,11,16-17H,4,6,9-10,12-13H2,1-3H3,(H,20,23). The van der Waals surface area contributed by atoms with Gasteiger partial charge in [-0.05, 0) is 24.1 Å². The third-order valence-corrected chi connectivity index (χ3v) is 4.66. The number of benzene rings is 1. The fourth-order valence-corrected chi connectivity index (χ4v) is 3.27. The molecule has 1 N–H and O–H groups in total. The van der Waals surface area contributed by atoms with E-state index in [-0.39, 0.29) is 23.7 Å². The Kier molecular flexibility index (Phi) is 7.25. The number of ether oxygens (including phenoxy) is 2. The van der Waals surface area contributed by atoms with E-state index in [4.69, 9.17) is 9.47 Å². The van der Waals surface area contributed by atoms with E-state index in [2.05, 4.69) is 5.32 Å². The molecule has 25 heavy (non-hydrogen) atoms. The summed E-state index contributed by atoms with van der Waals surface area (Å²) in [6.07, 6.45) is 1.23. The summed E-state index contributed by atoms with van der Waals surface area (Å²) in [6, 6.07) is 7.76. The van der Waals surface area contributed by atoms with Gasteiger partial charge in [-0.25, -0.2) is 0 Å². The number of nitrogens with one attached hydrogen (secondary N) is 1. The van der Waals surface area contributed by atoms with E-state index in [0.29, 0.717) is 32.7 Å². The van der Waals surface area contributed by atoms with Crippen molar-refractivity contribution < 1.29 is 19.1 Å². The molecule has 1 aliphatic rings. The van der Waals surface area contributed by atoms with Gasteiger partial charge in [0.1, 0.15) is 5.75 Å². The summed E-state index contributed by atoms with van der Waals surface area (Å²) in [5.41, 5.74) is 1.03. The molecule has 1 aliphatic heterocycles. The van der Waals surface area contributed by atoms with Crippen LogP contribution in [-0.2, 0) is 14.3 Å². The Balaban J connectivity index is 2.14. The van der Waals surface area contributed by atoms with E-state index in [0.717, 1.165) is 17.7 Å². The quantitative estimate of drug-likeness (QED) is 0.728. The first kappa shape index (κ1) is 19.2. The summed E-state index contributed by atoms with van der Waals surface area (Å²) >= 11 is 0. The number of carbonyl (C=O) groups is 2. The van der Waals surface area contributed by atoms with Crippen molar-refractivity contribution in [2.45, 2.75) is 25.7 Å². The molecule has 1 fully saturated rings. The Hall–Kier alpha value is -2.08. The summed E-state index contributed by atoms with van der Waals surface area (Å²) in [7, 11) is 3.27. The Labute approximate surface area is 149 Å². The van der Waals surface area contributed by atoms with Crippen LogP contribution in [0.1, 0.15) is 31.2 Å². The lowest BCUT2D eigenvalue weighted by atomic mass is 9.88. The van der Waals surface area contributed by atoms with Crippen LogP contribution in [0.3, 0.4) is 0 Å².